The smallest absolute Gasteiger partial charge is 0.257 e. The third-order valence-corrected chi connectivity index (χ3v) is 9.14. The molecule has 258 valence electrons. The van der Waals surface area contributed by atoms with Gasteiger partial charge in [0.1, 0.15) is 17.9 Å². The maximum Gasteiger partial charge on any atom is 0.257 e. The van der Waals surface area contributed by atoms with E-state index in [4.69, 9.17) is 9.26 Å². The molecule has 2 aliphatic rings. The van der Waals surface area contributed by atoms with Crippen molar-refractivity contribution >= 4 is 28.4 Å². The summed E-state index contributed by atoms with van der Waals surface area (Å²) in [7, 11) is 2.03. The minimum absolute atomic E-state index is 0.0580. The third-order valence-electron chi connectivity index (χ3n) is 9.14. The molecule has 5 aromatic rings. The maximum absolute atomic E-state index is 15.7. The van der Waals surface area contributed by atoms with Crippen LogP contribution in [0, 0.1) is 5.82 Å². The van der Waals surface area contributed by atoms with Crippen LogP contribution in [-0.4, -0.2) is 76.2 Å². The van der Waals surface area contributed by atoms with E-state index in [-0.39, 0.29) is 42.5 Å². The number of benzene rings is 2. The number of rotatable bonds is 10. The molecule has 2 aromatic carbocycles. The molecular weight excluding hydrogens is 643 g/mol. The second-order valence-corrected chi connectivity index (χ2v) is 12.7. The Hall–Kier alpha value is -5.63. The number of aryl methyl sites for hydroxylation is 1. The normalized spacial score (nSPS) is 15.9. The van der Waals surface area contributed by atoms with Gasteiger partial charge in [-0.3, -0.25) is 19.4 Å². The van der Waals surface area contributed by atoms with Crippen LogP contribution in [0.2, 0.25) is 0 Å². The van der Waals surface area contributed by atoms with E-state index in [1.807, 2.05) is 47.7 Å². The summed E-state index contributed by atoms with van der Waals surface area (Å²) in [5.74, 6) is -0.0664. The van der Waals surface area contributed by atoms with Crippen LogP contribution in [0.4, 0.5) is 10.1 Å². The number of piperazine rings is 1. The number of carbonyl (C=O) groups is 2. The topological polar surface area (TPSA) is 148 Å². The molecule has 0 saturated carbocycles. The van der Waals surface area contributed by atoms with Gasteiger partial charge in [-0.15, -0.1) is 0 Å². The Morgan fingerprint density at radius 3 is 2.42 bits per heavy atom. The maximum atomic E-state index is 15.7. The molecule has 7 rings (SSSR count). The van der Waals surface area contributed by atoms with E-state index in [1.165, 1.54) is 6.07 Å². The molecule has 2 aliphatic heterocycles. The zero-order valence-electron chi connectivity index (χ0n) is 27.8. The molecule has 2 amide bonds. The number of anilines is 1. The lowest BCUT2D eigenvalue weighted by Crippen LogP contribution is -2.45. The molecule has 1 fully saturated rings. The summed E-state index contributed by atoms with van der Waals surface area (Å²) >= 11 is 0. The lowest BCUT2D eigenvalue weighted by atomic mass is 10.0. The molecule has 3 aromatic heterocycles. The summed E-state index contributed by atoms with van der Waals surface area (Å²) in [5, 5.41) is 9.79. The van der Waals surface area contributed by atoms with E-state index in [0.717, 1.165) is 29.8 Å². The molecule has 50 heavy (non-hydrogen) atoms. The first-order valence-corrected chi connectivity index (χ1v) is 16.6. The summed E-state index contributed by atoms with van der Waals surface area (Å²) < 4.78 is 28.8. The first kappa shape index (κ1) is 32.9. The summed E-state index contributed by atoms with van der Waals surface area (Å²) in [6.45, 7) is 5.59. The first-order chi connectivity index (χ1) is 24.2. The Kier molecular flexibility index (Phi) is 9.26. The van der Waals surface area contributed by atoms with Crippen molar-refractivity contribution in [2.24, 2.45) is 0 Å². The van der Waals surface area contributed by atoms with Gasteiger partial charge in [0.25, 0.3) is 5.91 Å². The van der Waals surface area contributed by atoms with Crippen molar-refractivity contribution in [3.8, 4) is 17.1 Å². The van der Waals surface area contributed by atoms with Crippen LogP contribution in [0.1, 0.15) is 46.8 Å². The highest BCUT2D eigenvalue weighted by atomic mass is 19.1. The van der Waals surface area contributed by atoms with Crippen LogP contribution in [0.5, 0.6) is 5.75 Å². The fraction of sp³-hybridized carbons (Fsp3) is 0.333. The average Bonchev–Trinajstić information content (AvgIpc) is 3.62. The molecule has 14 heteroatoms. The van der Waals surface area contributed by atoms with Crippen molar-refractivity contribution in [2.45, 2.75) is 38.9 Å². The van der Waals surface area contributed by atoms with Crippen LogP contribution >= 0.6 is 0 Å². The van der Waals surface area contributed by atoms with Crippen LogP contribution < -0.4 is 25.7 Å². The van der Waals surface area contributed by atoms with Crippen molar-refractivity contribution in [1.29, 1.82) is 0 Å². The van der Waals surface area contributed by atoms with Gasteiger partial charge in [0.2, 0.25) is 23.1 Å². The second-order valence-electron chi connectivity index (χ2n) is 12.7. The number of hydrogen-bond acceptors (Lipinski definition) is 10. The van der Waals surface area contributed by atoms with Crippen molar-refractivity contribution in [1.82, 2.24) is 35.2 Å². The van der Waals surface area contributed by atoms with E-state index in [2.05, 4.69) is 30.7 Å². The monoisotopic (exact) mass is 680 g/mol. The van der Waals surface area contributed by atoms with Gasteiger partial charge in [0, 0.05) is 76.3 Å². The van der Waals surface area contributed by atoms with Gasteiger partial charge in [0.05, 0.1) is 16.9 Å². The molecule has 2 N–H and O–H groups in total. The second kappa shape index (κ2) is 14.1. The fourth-order valence-electron chi connectivity index (χ4n) is 6.23. The number of amides is 2. The standard InChI is InChI=1S/C36H37FN8O5/c1-22-21-49-34-31-26(17-28(37)32(34)44-15-13-43(2)14-16-44)33(47)27(20-45(22)31)36(48)40-19-24-5-3-23(4-6-24)18-39-29(46)7-8-30-41-35(42-50-30)25-9-11-38-12-10-25/h3-6,9-12,17,20,22H,7-8,13-16,18-19,21H2,1-2H3,(H,39,46)(H,40,48). The minimum Gasteiger partial charge on any atom is -0.487 e. The van der Waals surface area contributed by atoms with Gasteiger partial charge < -0.3 is 34.3 Å². The molecule has 1 saturated heterocycles. The minimum atomic E-state index is -0.546. The van der Waals surface area contributed by atoms with E-state index in [1.54, 1.807) is 30.7 Å². The zero-order chi connectivity index (χ0) is 34.8. The summed E-state index contributed by atoms with van der Waals surface area (Å²) in [6, 6.07) is 12.0. The molecule has 0 spiro atoms. The average molecular weight is 681 g/mol. The predicted octanol–water partition coefficient (Wildman–Crippen LogP) is 3.47. The van der Waals surface area contributed by atoms with Gasteiger partial charge in [0.15, 0.2) is 11.6 Å². The molecule has 1 atom stereocenters. The van der Waals surface area contributed by atoms with Gasteiger partial charge in [-0.1, -0.05) is 29.4 Å². The van der Waals surface area contributed by atoms with Crippen molar-refractivity contribution in [3.63, 3.8) is 0 Å². The number of aromatic nitrogens is 4. The Morgan fingerprint density at radius 2 is 1.70 bits per heavy atom. The SMILES string of the molecule is CC1COc2c(N3CCN(C)CC3)c(F)cc3c(=O)c(C(=O)NCc4ccc(CNC(=O)CCc5nc(-c6ccncc6)no5)cc4)cn1c23. The Balaban J connectivity index is 0.964. The van der Waals surface area contributed by atoms with E-state index < -0.39 is 17.2 Å². The van der Waals surface area contributed by atoms with E-state index >= 15 is 4.39 Å². The van der Waals surface area contributed by atoms with Crippen molar-refractivity contribution < 1.29 is 23.2 Å². The number of nitrogens with zero attached hydrogens (tertiary/aromatic N) is 6. The van der Waals surface area contributed by atoms with Crippen molar-refractivity contribution in [3.05, 3.63) is 99.7 Å². The first-order valence-electron chi connectivity index (χ1n) is 16.6. The Morgan fingerprint density at radius 1 is 1.00 bits per heavy atom. The number of halogens is 1. The highest BCUT2D eigenvalue weighted by Crippen LogP contribution is 2.42. The van der Waals surface area contributed by atoms with Crippen molar-refractivity contribution in [2.75, 3.05) is 44.7 Å². The number of pyridine rings is 2. The zero-order valence-corrected chi connectivity index (χ0v) is 27.8. The third kappa shape index (κ3) is 6.79. The lowest BCUT2D eigenvalue weighted by molar-refractivity contribution is -0.121. The Bertz CT molecular complexity index is 2090. The number of nitrogens with one attached hydrogen (secondary N) is 2. The highest BCUT2D eigenvalue weighted by Gasteiger charge is 2.31. The van der Waals surface area contributed by atoms with Gasteiger partial charge >= 0.3 is 0 Å². The molecule has 0 aliphatic carbocycles. The fourth-order valence-corrected chi connectivity index (χ4v) is 6.23. The number of hydrogen-bond donors (Lipinski definition) is 2. The molecule has 5 heterocycles. The van der Waals surface area contributed by atoms with Gasteiger partial charge in [-0.2, -0.15) is 4.98 Å². The van der Waals surface area contributed by atoms with Gasteiger partial charge in [-0.05, 0) is 43.3 Å². The molecule has 0 radical (unpaired) electrons. The summed E-state index contributed by atoms with van der Waals surface area (Å²) in [4.78, 5) is 51.9. The van der Waals surface area contributed by atoms with Crippen LogP contribution in [-0.2, 0) is 24.3 Å². The van der Waals surface area contributed by atoms with E-state index in [0.29, 0.717) is 54.7 Å². The Labute approximate surface area is 287 Å². The number of likely N-dealkylation sites (N-methyl/N-ethyl adjacent to an activating group) is 1. The number of ether oxygens (including phenoxy) is 1. The van der Waals surface area contributed by atoms with Crippen LogP contribution in [0.3, 0.4) is 0 Å². The molecule has 1 unspecified atom stereocenters. The predicted molar refractivity (Wildman–Crippen MR) is 183 cm³/mol. The van der Waals surface area contributed by atoms with Crippen LogP contribution in [0.25, 0.3) is 22.3 Å². The quantitative estimate of drug-likeness (QED) is 0.225. The summed E-state index contributed by atoms with van der Waals surface area (Å²) in [5.41, 5.74) is 2.74. The number of carbonyl (C=O) groups excluding carboxylic acids is 2. The summed E-state index contributed by atoms with van der Waals surface area (Å²) in [6.07, 6.45) is 5.35. The molecular formula is C36H37FN8O5. The highest BCUT2D eigenvalue weighted by molar-refractivity contribution is 6.00. The largest absolute Gasteiger partial charge is 0.487 e. The van der Waals surface area contributed by atoms with E-state index in [9.17, 15) is 14.4 Å². The molecule has 0 bridgehead atoms. The molecule has 13 nitrogen and oxygen atoms in total. The van der Waals surface area contributed by atoms with Gasteiger partial charge in [-0.25, -0.2) is 4.39 Å². The lowest BCUT2D eigenvalue weighted by Gasteiger charge is -2.37. The van der Waals surface area contributed by atoms with Crippen LogP contribution in [0.15, 0.2) is 70.4 Å².